The van der Waals surface area contributed by atoms with Gasteiger partial charge in [-0.15, -0.1) is 0 Å². The number of hydrogen-bond donors (Lipinski definition) is 2. The summed E-state index contributed by atoms with van der Waals surface area (Å²) in [5.74, 6) is 1.20. The number of carbonyl (C=O) groups is 1. The molecule has 0 bridgehead atoms. The molecular weight excluding hydrogens is 280 g/mol. The summed E-state index contributed by atoms with van der Waals surface area (Å²) < 4.78 is 10.7. The zero-order valence-corrected chi connectivity index (χ0v) is 13.0. The molecule has 2 rings (SSSR count). The van der Waals surface area contributed by atoms with Crippen molar-refractivity contribution in [3.05, 3.63) is 53.6 Å². The fraction of sp³-hybridized carbons (Fsp3) is 0.235. The van der Waals surface area contributed by atoms with Crippen molar-refractivity contribution < 1.29 is 14.3 Å². The highest BCUT2D eigenvalue weighted by molar-refractivity contribution is 5.89. The zero-order chi connectivity index (χ0) is 15.9. The third kappa shape index (κ3) is 4.41. The summed E-state index contributed by atoms with van der Waals surface area (Å²) in [6.07, 6.45) is 0. The standard InChI is InChI=1S/C17H20N2O3/c1-12-8-13(2)10-14(9-12)19-17(20)18-11-22-16-7-5-4-6-15(16)21-3/h4-10H,11H2,1-3H3,(H2,18,19,20). The summed E-state index contributed by atoms with van der Waals surface area (Å²) in [7, 11) is 1.57. The van der Waals surface area contributed by atoms with Crippen molar-refractivity contribution in [2.75, 3.05) is 19.2 Å². The zero-order valence-electron chi connectivity index (χ0n) is 13.0. The second kappa shape index (κ2) is 7.36. The van der Waals surface area contributed by atoms with Crippen LogP contribution in [0.3, 0.4) is 0 Å². The summed E-state index contributed by atoms with van der Waals surface area (Å²) in [5, 5.41) is 5.42. The van der Waals surface area contributed by atoms with Crippen molar-refractivity contribution in [3.63, 3.8) is 0 Å². The number of methoxy groups -OCH3 is 1. The van der Waals surface area contributed by atoms with E-state index >= 15 is 0 Å². The molecule has 0 radical (unpaired) electrons. The third-order valence-electron chi connectivity index (χ3n) is 3.01. The van der Waals surface area contributed by atoms with Crippen LogP contribution in [0.4, 0.5) is 10.5 Å². The lowest BCUT2D eigenvalue weighted by Gasteiger charge is -2.12. The number of nitrogens with one attached hydrogen (secondary N) is 2. The van der Waals surface area contributed by atoms with Crippen LogP contribution in [0.5, 0.6) is 11.5 Å². The number of rotatable bonds is 5. The Kier molecular flexibility index (Phi) is 5.25. The Morgan fingerprint density at radius 2 is 1.68 bits per heavy atom. The smallest absolute Gasteiger partial charge is 0.321 e. The van der Waals surface area contributed by atoms with Crippen LogP contribution >= 0.6 is 0 Å². The van der Waals surface area contributed by atoms with E-state index in [1.54, 1.807) is 19.2 Å². The van der Waals surface area contributed by atoms with E-state index in [1.807, 2.05) is 44.2 Å². The molecule has 2 aromatic rings. The number of carbonyl (C=O) groups excluding carboxylic acids is 1. The van der Waals surface area contributed by atoms with Crippen LogP contribution in [0.25, 0.3) is 0 Å². The Hall–Kier alpha value is -2.69. The van der Waals surface area contributed by atoms with Crippen molar-refractivity contribution >= 4 is 11.7 Å². The minimum absolute atomic E-state index is 0.0526. The van der Waals surface area contributed by atoms with Gasteiger partial charge in [0.2, 0.25) is 0 Å². The molecule has 0 aliphatic rings. The van der Waals surface area contributed by atoms with Gasteiger partial charge in [-0.05, 0) is 49.2 Å². The minimum atomic E-state index is -0.320. The van der Waals surface area contributed by atoms with Crippen molar-refractivity contribution in [1.29, 1.82) is 0 Å². The number of ether oxygens (including phenoxy) is 2. The minimum Gasteiger partial charge on any atom is -0.493 e. The van der Waals surface area contributed by atoms with E-state index in [2.05, 4.69) is 10.6 Å². The van der Waals surface area contributed by atoms with Crippen LogP contribution in [-0.4, -0.2) is 19.9 Å². The fourth-order valence-electron chi connectivity index (χ4n) is 2.14. The highest BCUT2D eigenvalue weighted by atomic mass is 16.5. The first kappa shape index (κ1) is 15.7. The van der Waals surface area contributed by atoms with E-state index in [0.29, 0.717) is 11.5 Å². The molecule has 116 valence electrons. The highest BCUT2D eigenvalue weighted by Gasteiger charge is 2.05. The quantitative estimate of drug-likeness (QED) is 0.831. The number of benzene rings is 2. The summed E-state index contributed by atoms with van der Waals surface area (Å²) >= 11 is 0. The maximum atomic E-state index is 11.8. The molecule has 0 fully saturated rings. The molecular formula is C17H20N2O3. The Bertz CT molecular complexity index is 636. The molecule has 0 saturated carbocycles. The van der Waals surface area contributed by atoms with Gasteiger partial charge < -0.3 is 20.1 Å². The molecule has 0 aliphatic carbocycles. The first-order chi connectivity index (χ1) is 10.6. The van der Waals surface area contributed by atoms with Crippen molar-refractivity contribution in [3.8, 4) is 11.5 Å². The van der Waals surface area contributed by atoms with E-state index in [4.69, 9.17) is 9.47 Å². The number of anilines is 1. The van der Waals surface area contributed by atoms with Crippen molar-refractivity contribution in [2.45, 2.75) is 13.8 Å². The first-order valence-electron chi connectivity index (χ1n) is 6.97. The molecule has 0 aromatic heterocycles. The maximum absolute atomic E-state index is 11.8. The van der Waals surface area contributed by atoms with E-state index in [0.717, 1.165) is 16.8 Å². The van der Waals surface area contributed by atoms with Gasteiger partial charge in [-0.3, -0.25) is 0 Å². The van der Waals surface area contributed by atoms with Crippen LogP contribution in [0.15, 0.2) is 42.5 Å². The molecule has 0 heterocycles. The topological polar surface area (TPSA) is 59.6 Å². The van der Waals surface area contributed by atoms with Gasteiger partial charge in [-0.25, -0.2) is 4.79 Å². The molecule has 5 nitrogen and oxygen atoms in total. The predicted molar refractivity (Wildman–Crippen MR) is 86.6 cm³/mol. The average Bonchev–Trinajstić information content (AvgIpc) is 2.46. The summed E-state index contributed by atoms with van der Waals surface area (Å²) in [5.41, 5.74) is 2.95. The molecule has 0 aliphatic heterocycles. The number of para-hydroxylation sites is 2. The van der Waals surface area contributed by atoms with Gasteiger partial charge in [-0.2, -0.15) is 0 Å². The number of aryl methyl sites for hydroxylation is 2. The van der Waals surface area contributed by atoms with Crippen molar-refractivity contribution in [1.82, 2.24) is 5.32 Å². The summed E-state index contributed by atoms with van der Waals surface area (Å²) in [6, 6.07) is 12.8. The molecule has 0 saturated heterocycles. The third-order valence-corrected chi connectivity index (χ3v) is 3.01. The molecule has 2 N–H and O–H groups in total. The Balaban J connectivity index is 1.85. The maximum Gasteiger partial charge on any atom is 0.321 e. The van der Waals surface area contributed by atoms with E-state index in [1.165, 1.54) is 0 Å². The van der Waals surface area contributed by atoms with Gasteiger partial charge >= 0.3 is 6.03 Å². The first-order valence-corrected chi connectivity index (χ1v) is 6.97. The molecule has 2 aromatic carbocycles. The van der Waals surface area contributed by atoms with Crippen LogP contribution in [0, 0.1) is 13.8 Å². The Labute approximate surface area is 130 Å². The molecule has 0 atom stereocenters. The lowest BCUT2D eigenvalue weighted by Crippen LogP contribution is -2.32. The average molecular weight is 300 g/mol. The van der Waals surface area contributed by atoms with Gasteiger partial charge in [-0.1, -0.05) is 18.2 Å². The van der Waals surface area contributed by atoms with Crippen LogP contribution in [0.2, 0.25) is 0 Å². The SMILES string of the molecule is COc1ccccc1OCNC(=O)Nc1cc(C)cc(C)c1. The van der Waals surface area contributed by atoms with Crippen LogP contribution < -0.4 is 20.1 Å². The molecule has 22 heavy (non-hydrogen) atoms. The molecule has 0 unspecified atom stereocenters. The van der Waals surface area contributed by atoms with Gasteiger partial charge in [0.15, 0.2) is 18.2 Å². The Morgan fingerprint density at radius 3 is 2.32 bits per heavy atom. The van der Waals surface area contributed by atoms with E-state index < -0.39 is 0 Å². The van der Waals surface area contributed by atoms with Gasteiger partial charge in [0.1, 0.15) is 0 Å². The normalized spacial score (nSPS) is 9.95. The summed E-state index contributed by atoms with van der Waals surface area (Å²) in [6.45, 7) is 4.03. The fourth-order valence-corrected chi connectivity index (χ4v) is 2.14. The number of urea groups is 1. The molecule has 5 heteroatoms. The second-order valence-electron chi connectivity index (χ2n) is 4.95. The van der Waals surface area contributed by atoms with Gasteiger partial charge in [0.05, 0.1) is 7.11 Å². The lowest BCUT2D eigenvalue weighted by molar-refractivity contribution is 0.231. The van der Waals surface area contributed by atoms with E-state index in [9.17, 15) is 4.79 Å². The predicted octanol–water partition coefficient (Wildman–Crippen LogP) is 3.47. The second-order valence-corrected chi connectivity index (χ2v) is 4.95. The molecule has 2 amide bonds. The van der Waals surface area contributed by atoms with Crippen LogP contribution in [-0.2, 0) is 0 Å². The number of hydrogen-bond acceptors (Lipinski definition) is 3. The monoisotopic (exact) mass is 300 g/mol. The van der Waals surface area contributed by atoms with Crippen molar-refractivity contribution in [2.24, 2.45) is 0 Å². The lowest BCUT2D eigenvalue weighted by atomic mass is 10.1. The Morgan fingerprint density at radius 1 is 1.05 bits per heavy atom. The van der Waals surface area contributed by atoms with Gasteiger partial charge in [0, 0.05) is 5.69 Å². The number of amides is 2. The van der Waals surface area contributed by atoms with E-state index in [-0.39, 0.29) is 12.8 Å². The van der Waals surface area contributed by atoms with Crippen LogP contribution in [0.1, 0.15) is 11.1 Å². The highest BCUT2D eigenvalue weighted by Crippen LogP contribution is 2.25. The largest absolute Gasteiger partial charge is 0.493 e. The molecule has 0 spiro atoms. The summed E-state index contributed by atoms with van der Waals surface area (Å²) in [4.78, 5) is 11.8. The van der Waals surface area contributed by atoms with Gasteiger partial charge in [0.25, 0.3) is 0 Å².